The Morgan fingerprint density at radius 2 is 1.47 bits per heavy atom. The van der Waals surface area contributed by atoms with Gasteiger partial charge in [-0.25, -0.2) is 0 Å². The van der Waals surface area contributed by atoms with Crippen molar-refractivity contribution in [2.24, 2.45) is 0 Å². The summed E-state index contributed by atoms with van der Waals surface area (Å²) in [5.41, 5.74) is 0. The van der Waals surface area contributed by atoms with Gasteiger partial charge in [0.05, 0.1) is 6.61 Å². The van der Waals surface area contributed by atoms with Crippen molar-refractivity contribution >= 4 is 28.6 Å². The van der Waals surface area contributed by atoms with E-state index in [4.69, 9.17) is 4.74 Å². The van der Waals surface area contributed by atoms with Crippen LogP contribution in [0.3, 0.4) is 0 Å². The third-order valence-corrected chi connectivity index (χ3v) is 3.16. The van der Waals surface area contributed by atoms with Gasteiger partial charge >= 0.3 is 5.97 Å². The average molecular weight is 354 g/mol. The number of carbonyl (C=O) groups is 1. The van der Waals surface area contributed by atoms with Gasteiger partial charge in [-0.2, -0.15) is 0 Å². The first-order valence-electron chi connectivity index (χ1n) is 6.84. The van der Waals surface area contributed by atoms with E-state index in [1.807, 2.05) is 13.8 Å². The fourth-order valence-electron chi connectivity index (χ4n) is 1.57. The molecular formula is C14H27IO2. The van der Waals surface area contributed by atoms with Gasteiger partial charge in [0.15, 0.2) is 0 Å². The van der Waals surface area contributed by atoms with Gasteiger partial charge in [-0.15, -0.1) is 0 Å². The lowest BCUT2D eigenvalue weighted by molar-refractivity contribution is -0.145. The van der Waals surface area contributed by atoms with E-state index in [0.29, 0.717) is 6.61 Å². The largest absolute Gasteiger partial charge is 0.465 e. The molecule has 0 aromatic rings. The molecule has 0 heterocycles. The third-order valence-electron chi connectivity index (χ3n) is 2.72. The van der Waals surface area contributed by atoms with Crippen LogP contribution in [0.4, 0.5) is 0 Å². The third kappa shape index (κ3) is 11.0. The standard InChI is InChI=1S/C14H27IO2/c1-4-5-6-7-8-9-10-11-12-17-13(16)14(2,3)15/h4-12H2,1-3H3. The van der Waals surface area contributed by atoms with Gasteiger partial charge in [0.25, 0.3) is 0 Å². The first-order chi connectivity index (χ1) is 7.98. The number of carbonyl (C=O) groups excluding carboxylic acids is 1. The normalized spacial score (nSPS) is 11.5. The van der Waals surface area contributed by atoms with E-state index in [2.05, 4.69) is 29.5 Å². The van der Waals surface area contributed by atoms with Crippen LogP contribution in [0.15, 0.2) is 0 Å². The molecule has 0 fully saturated rings. The minimum Gasteiger partial charge on any atom is -0.465 e. The minimum absolute atomic E-state index is 0.0963. The molecule has 0 aliphatic rings. The molecule has 0 aliphatic heterocycles. The van der Waals surface area contributed by atoms with Crippen molar-refractivity contribution in [3.63, 3.8) is 0 Å². The molecule has 0 bridgehead atoms. The van der Waals surface area contributed by atoms with E-state index in [0.717, 1.165) is 6.42 Å². The van der Waals surface area contributed by atoms with Crippen LogP contribution in [0.25, 0.3) is 0 Å². The van der Waals surface area contributed by atoms with Gasteiger partial charge in [0.1, 0.15) is 3.42 Å². The molecule has 0 radical (unpaired) electrons. The molecule has 0 unspecified atom stereocenters. The zero-order valence-corrected chi connectivity index (χ0v) is 13.7. The maximum absolute atomic E-state index is 11.4. The van der Waals surface area contributed by atoms with E-state index in [9.17, 15) is 4.79 Å². The fourth-order valence-corrected chi connectivity index (χ4v) is 1.73. The van der Waals surface area contributed by atoms with Gasteiger partial charge < -0.3 is 4.74 Å². The molecule has 0 aliphatic carbocycles. The highest BCUT2D eigenvalue weighted by Gasteiger charge is 2.24. The number of ether oxygens (including phenoxy) is 1. The molecule has 0 atom stereocenters. The second-order valence-electron chi connectivity index (χ2n) is 5.08. The SMILES string of the molecule is CCCCCCCCCCOC(=O)C(C)(C)I. The molecule has 0 saturated carbocycles. The monoisotopic (exact) mass is 354 g/mol. The van der Waals surface area contributed by atoms with Gasteiger partial charge in [-0.3, -0.25) is 4.79 Å². The Kier molecular flexibility index (Phi) is 10.3. The van der Waals surface area contributed by atoms with Crippen LogP contribution in [0.5, 0.6) is 0 Å². The van der Waals surface area contributed by atoms with Crippen molar-refractivity contribution in [2.75, 3.05) is 6.61 Å². The first kappa shape index (κ1) is 17.2. The maximum atomic E-state index is 11.4. The predicted octanol–water partition coefficient (Wildman–Crippen LogP) is 4.88. The number of halogens is 1. The number of hydrogen-bond donors (Lipinski definition) is 0. The Bertz CT molecular complexity index is 197. The lowest BCUT2D eigenvalue weighted by Gasteiger charge is -2.14. The Labute approximate surface area is 120 Å². The summed E-state index contributed by atoms with van der Waals surface area (Å²) in [6.07, 6.45) is 10.2. The van der Waals surface area contributed by atoms with Crippen LogP contribution in [0, 0.1) is 0 Å². The molecule has 0 saturated heterocycles. The molecule has 0 aromatic heterocycles. The summed E-state index contributed by atoms with van der Waals surface area (Å²) in [6.45, 7) is 6.58. The molecule has 0 amide bonds. The summed E-state index contributed by atoms with van der Waals surface area (Å²) >= 11 is 2.12. The summed E-state index contributed by atoms with van der Waals surface area (Å²) in [6, 6.07) is 0. The molecule has 17 heavy (non-hydrogen) atoms. The molecule has 2 nitrogen and oxygen atoms in total. The van der Waals surface area contributed by atoms with Crippen molar-refractivity contribution in [3.8, 4) is 0 Å². The quantitative estimate of drug-likeness (QED) is 0.242. The molecular weight excluding hydrogens is 327 g/mol. The van der Waals surface area contributed by atoms with Gasteiger partial charge in [-0.05, 0) is 20.3 Å². The lowest BCUT2D eigenvalue weighted by atomic mass is 10.1. The summed E-state index contributed by atoms with van der Waals surface area (Å²) in [5.74, 6) is -0.0963. The highest BCUT2D eigenvalue weighted by atomic mass is 127. The van der Waals surface area contributed by atoms with E-state index in [1.54, 1.807) is 0 Å². The number of rotatable bonds is 10. The minimum atomic E-state index is -0.391. The molecule has 0 rings (SSSR count). The van der Waals surface area contributed by atoms with Crippen LogP contribution in [-0.4, -0.2) is 16.0 Å². The van der Waals surface area contributed by atoms with E-state index < -0.39 is 3.42 Å². The second-order valence-corrected chi connectivity index (χ2v) is 7.78. The fraction of sp³-hybridized carbons (Fsp3) is 0.929. The number of hydrogen-bond acceptors (Lipinski definition) is 2. The van der Waals surface area contributed by atoms with Gasteiger partial charge in [0, 0.05) is 0 Å². The zero-order valence-electron chi connectivity index (χ0n) is 11.6. The smallest absolute Gasteiger partial charge is 0.321 e. The molecule has 3 heteroatoms. The zero-order chi connectivity index (χ0) is 13.1. The van der Waals surface area contributed by atoms with Crippen LogP contribution in [0.1, 0.15) is 72.1 Å². The maximum Gasteiger partial charge on any atom is 0.321 e. The van der Waals surface area contributed by atoms with E-state index in [1.165, 1.54) is 44.9 Å². The van der Waals surface area contributed by atoms with Crippen molar-refractivity contribution < 1.29 is 9.53 Å². The Morgan fingerprint density at radius 3 is 1.94 bits per heavy atom. The van der Waals surface area contributed by atoms with Crippen molar-refractivity contribution in [1.82, 2.24) is 0 Å². The molecule has 0 aromatic carbocycles. The second kappa shape index (κ2) is 10.2. The average Bonchev–Trinajstić information content (AvgIpc) is 2.25. The van der Waals surface area contributed by atoms with Crippen LogP contribution in [-0.2, 0) is 9.53 Å². The number of alkyl halides is 1. The number of unbranched alkanes of at least 4 members (excludes halogenated alkanes) is 7. The highest BCUT2D eigenvalue weighted by molar-refractivity contribution is 14.1. The van der Waals surface area contributed by atoms with Crippen molar-refractivity contribution in [3.05, 3.63) is 0 Å². The summed E-state index contributed by atoms with van der Waals surface area (Å²) in [7, 11) is 0. The predicted molar refractivity (Wildman–Crippen MR) is 81.7 cm³/mol. The van der Waals surface area contributed by atoms with Gasteiger partial charge in [-0.1, -0.05) is 74.5 Å². The first-order valence-corrected chi connectivity index (χ1v) is 7.92. The lowest BCUT2D eigenvalue weighted by Crippen LogP contribution is -2.26. The van der Waals surface area contributed by atoms with Crippen molar-refractivity contribution in [1.29, 1.82) is 0 Å². The Hall–Kier alpha value is 0.200. The molecule has 102 valence electrons. The van der Waals surface area contributed by atoms with Crippen molar-refractivity contribution in [2.45, 2.75) is 75.6 Å². The Balaban J connectivity index is 3.22. The van der Waals surface area contributed by atoms with Crippen LogP contribution >= 0.6 is 22.6 Å². The van der Waals surface area contributed by atoms with E-state index >= 15 is 0 Å². The van der Waals surface area contributed by atoms with Crippen LogP contribution < -0.4 is 0 Å². The van der Waals surface area contributed by atoms with E-state index in [-0.39, 0.29) is 5.97 Å². The highest BCUT2D eigenvalue weighted by Crippen LogP contribution is 2.18. The number of esters is 1. The van der Waals surface area contributed by atoms with Gasteiger partial charge in [0.2, 0.25) is 0 Å². The Morgan fingerprint density at radius 1 is 1.00 bits per heavy atom. The molecule has 0 spiro atoms. The summed E-state index contributed by atoms with van der Waals surface area (Å²) in [5, 5.41) is 0. The topological polar surface area (TPSA) is 26.3 Å². The summed E-state index contributed by atoms with van der Waals surface area (Å²) in [4.78, 5) is 11.4. The molecule has 0 N–H and O–H groups in total. The van der Waals surface area contributed by atoms with Crippen LogP contribution in [0.2, 0.25) is 0 Å². The summed E-state index contributed by atoms with van der Waals surface area (Å²) < 4.78 is 4.81.